The molecule has 3 heterocycles. The van der Waals surface area contributed by atoms with E-state index in [9.17, 15) is 14.4 Å². The topological polar surface area (TPSA) is 94.2 Å². The molecule has 0 saturated carbocycles. The van der Waals surface area contributed by atoms with Gasteiger partial charge in [-0.2, -0.15) is 5.01 Å². The number of piperidine rings is 1. The minimum absolute atomic E-state index is 0.126. The highest BCUT2D eigenvalue weighted by atomic mass is 35.5. The molecular formula is C31H35Cl2N5O4S. The molecule has 1 atom stereocenters. The molecular weight excluding hydrogens is 609 g/mol. The zero-order valence-corrected chi connectivity index (χ0v) is 26.7. The first-order valence-electron chi connectivity index (χ1n) is 14.3. The predicted molar refractivity (Wildman–Crippen MR) is 169 cm³/mol. The highest BCUT2D eigenvalue weighted by Gasteiger charge is 2.44. The zero-order chi connectivity index (χ0) is 30.7. The maximum absolute atomic E-state index is 13.4. The van der Waals surface area contributed by atoms with Crippen molar-refractivity contribution in [2.75, 3.05) is 24.7 Å². The summed E-state index contributed by atoms with van der Waals surface area (Å²) < 4.78 is 6.32. The molecule has 0 bridgehead atoms. The molecule has 2 N–H and O–H groups in total. The molecule has 1 saturated heterocycles. The van der Waals surface area contributed by atoms with Gasteiger partial charge in [0.25, 0.3) is 11.8 Å². The van der Waals surface area contributed by atoms with Gasteiger partial charge in [0.2, 0.25) is 0 Å². The molecule has 2 aromatic carbocycles. The van der Waals surface area contributed by atoms with Gasteiger partial charge in [-0.15, -0.1) is 11.3 Å². The van der Waals surface area contributed by atoms with E-state index >= 15 is 0 Å². The van der Waals surface area contributed by atoms with Crippen molar-refractivity contribution in [2.24, 2.45) is 0 Å². The van der Waals surface area contributed by atoms with Crippen molar-refractivity contribution >= 4 is 57.6 Å². The average molecular weight is 645 g/mol. The number of fused-ring (bicyclic) bond motifs is 1. The number of hydrogen-bond acceptors (Lipinski definition) is 7. The third-order valence-corrected chi connectivity index (χ3v) is 9.41. The van der Waals surface area contributed by atoms with Gasteiger partial charge in [-0.3, -0.25) is 14.5 Å². The number of likely N-dealkylation sites (tertiary alicyclic amines) is 1. The van der Waals surface area contributed by atoms with Gasteiger partial charge in [0.15, 0.2) is 0 Å². The highest BCUT2D eigenvalue weighted by Crippen LogP contribution is 2.46. The number of hydrogen-bond donors (Lipinski definition) is 2. The van der Waals surface area contributed by atoms with Crippen LogP contribution in [-0.2, 0) is 16.8 Å². The van der Waals surface area contributed by atoms with Gasteiger partial charge in [0.1, 0.15) is 11.2 Å². The largest absolute Gasteiger partial charge is 0.448 e. The molecule has 228 valence electrons. The number of anilines is 1. The minimum Gasteiger partial charge on any atom is -0.448 e. The van der Waals surface area contributed by atoms with Crippen molar-refractivity contribution in [3.63, 3.8) is 0 Å². The van der Waals surface area contributed by atoms with E-state index in [0.29, 0.717) is 26.0 Å². The Morgan fingerprint density at radius 1 is 1.02 bits per heavy atom. The summed E-state index contributed by atoms with van der Waals surface area (Å²) in [5.74, 6) is -0.725. The summed E-state index contributed by atoms with van der Waals surface area (Å²) in [6, 6.07) is 16.4. The first kappa shape index (κ1) is 31.3. The van der Waals surface area contributed by atoms with E-state index in [4.69, 9.17) is 28.1 Å². The Morgan fingerprint density at radius 3 is 2.40 bits per heavy atom. The van der Waals surface area contributed by atoms with Crippen LogP contribution in [0.2, 0.25) is 5.02 Å². The molecule has 0 aliphatic carbocycles. The Balaban J connectivity index is 1.35. The Kier molecular flexibility index (Phi) is 9.63. The van der Waals surface area contributed by atoms with E-state index in [0.717, 1.165) is 51.6 Å². The summed E-state index contributed by atoms with van der Waals surface area (Å²) in [6.45, 7) is 8.57. The normalized spacial score (nSPS) is 17.4. The van der Waals surface area contributed by atoms with Crippen LogP contribution in [0.1, 0.15) is 82.9 Å². The smallest absolute Gasteiger partial charge is 0.431 e. The molecule has 1 fully saturated rings. The number of nitrogens with one attached hydrogen (secondary N) is 2. The van der Waals surface area contributed by atoms with E-state index in [1.165, 1.54) is 19.3 Å². The van der Waals surface area contributed by atoms with Crippen LogP contribution in [0.15, 0.2) is 54.6 Å². The van der Waals surface area contributed by atoms with Crippen molar-refractivity contribution in [3.05, 3.63) is 86.8 Å². The molecule has 1 unspecified atom stereocenters. The third-order valence-electron chi connectivity index (χ3n) is 7.61. The van der Waals surface area contributed by atoms with Crippen molar-refractivity contribution in [2.45, 2.75) is 58.3 Å². The van der Waals surface area contributed by atoms with Crippen molar-refractivity contribution in [1.29, 1.82) is 0 Å². The number of carbonyl (C=O) groups is 3. The van der Waals surface area contributed by atoms with Crippen LogP contribution in [0.4, 0.5) is 9.80 Å². The standard InChI is InChI=1S/C31H35Cl2N5O4S/c1-4-42-30(41)37-29-22(18-25(43-29)28(40)35-31(2,3)23-10-6-7-11-24(23)32)26(38(37)33)34-27(39)21-14-12-20(13-15-21)19-36-16-8-5-9-17-36/h6-7,10-15,18,26H,4-5,8-9,16-17,19H2,1-3H3,(H,34,39)(H,35,40). The molecule has 2 aliphatic rings. The SMILES string of the molecule is CCOC(=O)N1c2sc(C(=O)NC(C)(C)c3ccccc3Cl)cc2C(NC(=O)c2ccc(CN3CCCCC3)cc2)N1Cl. The lowest BCUT2D eigenvalue weighted by Gasteiger charge is -2.28. The van der Waals surface area contributed by atoms with Crippen molar-refractivity contribution in [1.82, 2.24) is 20.1 Å². The summed E-state index contributed by atoms with van der Waals surface area (Å²) in [5.41, 5.74) is 2.09. The number of carbonyl (C=O) groups excluding carboxylic acids is 3. The zero-order valence-electron chi connectivity index (χ0n) is 24.4. The molecule has 9 nitrogen and oxygen atoms in total. The van der Waals surface area contributed by atoms with Gasteiger partial charge in [-0.25, -0.2) is 4.79 Å². The first-order chi connectivity index (χ1) is 20.6. The van der Waals surface area contributed by atoms with E-state index in [-0.39, 0.29) is 18.4 Å². The first-order valence-corrected chi connectivity index (χ1v) is 15.9. The second-order valence-corrected chi connectivity index (χ2v) is 12.9. The van der Waals surface area contributed by atoms with Crippen molar-refractivity contribution < 1.29 is 19.1 Å². The van der Waals surface area contributed by atoms with Crippen LogP contribution in [0, 0.1) is 0 Å². The average Bonchev–Trinajstić information content (AvgIpc) is 3.51. The predicted octanol–water partition coefficient (Wildman–Crippen LogP) is 6.83. The van der Waals surface area contributed by atoms with Gasteiger partial charge in [-0.1, -0.05) is 52.9 Å². The molecule has 43 heavy (non-hydrogen) atoms. The van der Waals surface area contributed by atoms with Gasteiger partial charge < -0.3 is 15.4 Å². The number of hydrazine groups is 1. The Morgan fingerprint density at radius 2 is 1.72 bits per heavy atom. The third kappa shape index (κ3) is 6.84. The van der Waals surface area contributed by atoms with Crippen LogP contribution in [-0.4, -0.2) is 47.0 Å². The molecule has 1 aromatic heterocycles. The highest BCUT2D eigenvalue weighted by molar-refractivity contribution is 7.18. The number of nitrogens with zero attached hydrogens (tertiary/aromatic N) is 3. The summed E-state index contributed by atoms with van der Waals surface area (Å²) >= 11 is 14.1. The molecule has 3 amide bonds. The van der Waals surface area contributed by atoms with E-state index in [1.807, 2.05) is 44.2 Å². The maximum atomic E-state index is 13.4. The number of halogens is 2. The quantitative estimate of drug-likeness (QED) is 0.261. The molecule has 12 heteroatoms. The molecule has 3 aromatic rings. The monoisotopic (exact) mass is 643 g/mol. The van der Waals surface area contributed by atoms with Crippen LogP contribution in [0.25, 0.3) is 0 Å². The summed E-state index contributed by atoms with van der Waals surface area (Å²) in [4.78, 5) is 42.5. The van der Waals surface area contributed by atoms with Gasteiger partial charge in [0, 0.05) is 34.5 Å². The summed E-state index contributed by atoms with van der Waals surface area (Å²) in [6.07, 6.45) is 2.07. The lowest BCUT2D eigenvalue weighted by Crippen LogP contribution is -2.44. The van der Waals surface area contributed by atoms with Crippen molar-refractivity contribution in [3.8, 4) is 0 Å². The fourth-order valence-electron chi connectivity index (χ4n) is 5.39. The number of thiophene rings is 1. The van der Waals surface area contributed by atoms with Crippen LogP contribution >= 0.6 is 34.7 Å². The van der Waals surface area contributed by atoms with Crippen LogP contribution < -0.4 is 15.6 Å². The van der Waals surface area contributed by atoms with Crippen LogP contribution in [0.3, 0.4) is 0 Å². The van der Waals surface area contributed by atoms with Gasteiger partial charge in [0.05, 0.1) is 17.0 Å². The second-order valence-electron chi connectivity index (χ2n) is 11.1. The Hall–Kier alpha value is -3.15. The second kappa shape index (κ2) is 13.2. The van der Waals surface area contributed by atoms with E-state index in [1.54, 1.807) is 31.2 Å². The Labute approximate surface area is 265 Å². The molecule has 2 aliphatic heterocycles. The van der Waals surface area contributed by atoms with Crippen LogP contribution in [0.5, 0.6) is 0 Å². The number of ether oxygens (including phenoxy) is 1. The number of amides is 3. The maximum Gasteiger partial charge on any atom is 0.431 e. The number of rotatable bonds is 8. The van der Waals surface area contributed by atoms with Gasteiger partial charge >= 0.3 is 6.09 Å². The molecule has 0 radical (unpaired) electrons. The number of benzene rings is 2. The fourth-order valence-corrected chi connectivity index (χ4v) is 7.17. The molecule has 0 spiro atoms. The minimum atomic E-state index is -0.920. The van der Waals surface area contributed by atoms with E-state index < -0.39 is 17.8 Å². The van der Waals surface area contributed by atoms with E-state index in [2.05, 4.69) is 15.5 Å². The Bertz CT molecular complexity index is 1490. The summed E-state index contributed by atoms with van der Waals surface area (Å²) in [5, 5.41) is 8.00. The lowest BCUT2D eigenvalue weighted by atomic mass is 9.94. The fraction of sp³-hybridized carbons (Fsp3) is 0.387. The molecule has 5 rings (SSSR count). The van der Waals surface area contributed by atoms with Gasteiger partial charge in [-0.05, 0) is 82.1 Å². The lowest BCUT2D eigenvalue weighted by molar-refractivity contribution is 0.0899. The summed E-state index contributed by atoms with van der Waals surface area (Å²) in [7, 11) is 0.